The summed E-state index contributed by atoms with van der Waals surface area (Å²) in [6.45, 7) is 6.54. The van der Waals surface area contributed by atoms with Crippen LogP contribution in [-0.4, -0.2) is 12.5 Å². The van der Waals surface area contributed by atoms with Crippen molar-refractivity contribution >= 4 is 27.8 Å². The molecule has 30 heavy (non-hydrogen) atoms. The summed E-state index contributed by atoms with van der Waals surface area (Å²) in [6, 6.07) is 3.81. The highest BCUT2D eigenvalue weighted by molar-refractivity contribution is 5.96. The number of amides is 1. The second-order valence-electron chi connectivity index (χ2n) is 8.33. The number of furan rings is 1. The second kappa shape index (κ2) is 8.50. The molecule has 2 heterocycles. The minimum Gasteiger partial charge on any atom is -0.461 e. The molecule has 1 aliphatic rings. The van der Waals surface area contributed by atoms with E-state index in [0.29, 0.717) is 24.1 Å². The number of aryl methyl sites for hydroxylation is 3. The van der Waals surface area contributed by atoms with Crippen LogP contribution in [0.2, 0.25) is 0 Å². The first-order valence-electron chi connectivity index (χ1n) is 10.8. The summed E-state index contributed by atoms with van der Waals surface area (Å²) in [4.78, 5) is 24.8. The lowest BCUT2D eigenvalue weighted by molar-refractivity contribution is -0.121. The van der Waals surface area contributed by atoms with E-state index in [1.54, 1.807) is 6.07 Å². The summed E-state index contributed by atoms with van der Waals surface area (Å²) in [5.41, 5.74) is 4.86. The zero-order chi connectivity index (χ0) is 21.3. The molecule has 0 spiro atoms. The molecule has 0 radical (unpaired) electrons. The molecule has 0 atom stereocenters. The van der Waals surface area contributed by atoms with Crippen molar-refractivity contribution in [3.8, 4) is 0 Å². The van der Waals surface area contributed by atoms with Crippen molar-refractivity contribution < 1.29 is 13.6 Å². The highest BCUT2D eigenvalue weighted by Crippen LogP contribution is 2.31. The number of nitrogens with one attached hydrogen (secondary N) is 1. The molecule has 0 saturated carbocycles. The van der Waals surface area contributed by atoms with Gasteiger partial charge in [0.05, 0.1) is 0 Å². The minimum atomic E-state index is -0.375. The largest absolute Gasteiger partial charge is 0.461 e. The van der Waals surface area contributed by atoms with Crippen molar-refractivity contribution in [3.63, 3.8) is 0 Å². The van der Waals surface area contributed by atoms with Crippen LogP contribution in [0, 0.1) is 20.8 Å². The van der Waals surface area contributed by atoms with Crippen molar-refractivity contribution in [2.75, 3.05) is 6.54 Å². The van der Waals surface area contributed by atoms with Gasteiger partial charge in [0.25, 0.3) is 0 Å². The van der Waals surface area contributed by atoms with E-state index < -0.39 is 0 Å². The Morgan fingerprint density at radius 2 is 1.77 bits per heavy atom. The zero-order valence-corrected chi connectivity index (χ0v) is 18.0. The molecule has 1 aliphatic carbocycles. The van der Waals surface area contributed by atoms with Gasteiger partial charge < -0.3 is 14.2 Å². The standard InChI is InChI=1S/C25H29NO4/c1-15-17(3)29-22-14-23-21(13-20(15)22)16(2)19(25(28)30-23)9-10-24(27)26-12-11-18-7-5-4-6-8-18/h7,13-14H,4-6,8-12H2,1-3H3,(H,26,27). The molecular formula is C25H29NO4. The fourth-order valence-corrected chi connectivity index (χ4v) is 4.34. The van der Waals surface area contributed by atoms with E-state index in [-0.39, 0.29) is 18.0 Å². The molecular weight excluding hydrogens is 378 g/mol. The Labute approximate surface area is 176 Å². The molecule has 1 N–H and O–H groups in total. The number of hydrogen-bond acceptors (Lipinski definition) is 4. The fourth-order valence-electron chi connectivity index (χ4n) is 4.34. The van der Waals surface area contributed by atoms with Gasteiger partial charge in [0.2, 0.25) is 5.91 Å². The van der Waals surface area contributed by atoms with Gasteiger partial charge in [0, 0.05) is 35.4 Å². The molecule has 4 rings (SSSR count). The van der Waals surface area contributed by atoms with Crippen LogP contribution in [0.4, 0.5) is 0 Å². The number of fused-ring (bicyclic) bond motifs is 2. The predicted molar refractivity (Wildman–Crippen MR) is 119 cm³/mol. The molecule has 0 saturated heterocycles. The van der Waals surface area contributed by atoms with E-state index in [1.807, 2.05) is 26.8 Å². The molecule has 0 unspecified atom stereocenters. The molecule has 0 fully saturated rings. The number of benzene rings is 1. The van der Waals surface area contributed by atoms with Crippen LogP contribution in [0.15, 0.2) is 37.4 Å². The summed E-state index contributed by atoms with van der Waals surface area (Å²) in [6.07, 6.45) is 8.71. The van der Waals surface area contributed by atoms with Gasteiger partial charge in [0.15, 0.2) is 0 Å². The van der Waals surface area contributed by atoms with E-state index in [1.165, 1.54) is 18.4 Å². The van der Waals surface area contributed by atoms with Crippen LogP contribution in [0.5, 0.6) is 0 Å². The van der Waals surface area contributed by atoms with Crippen LogP contribution < -0.4 is 10.9 Å². The Morgan fingerprint density at radius 3 is 2.53 bits per heavy atom. The summed E-state index contributed by atoms with van der Waals surface area (Å²) in [5, 5.41) is 4.91. The van der Waals surface area contributed by atoms with Crippen molar-refractivity contribution in [2.24, 2.45) is 0 Å². The Kier molecular flexibility index (Phi) is 5.80. The number of allylic oxidation sites excluding steroid dienone is 1. The Balaban J connectivity index is 1.47. The summed E-state index contributed by atoms with van der Waals surface area (Å²) in [7, 11) is 0. The average molecular weight is 408 g/mol. The zero-order valence-electron chi connectivity index (χ0n) is 18.0. The first-order valence-corrected chi connectivity index (χ1v) is 10.8. The normalized spacial score (nSPS) is 14.3. The van der Waals surface area contributed by atoms with Crippen molar-refractivity contribution in [1.82, 2.24) is 5.32 Å². The maximum atomic E-state index is 12.6. The summed E-state index contributed by atoms with van der Waals surface area (Å²) in [5.74, 6) is 0.836. The second-order valence-corrected chi connectivity index (χ2v) is 8.33. The Hall–Kier alpha value is -2.82. The maximum absolute atomic E-state index is 12.6. The van der Waals surface area contributed by atoms with Crippen molar-refractivity contribution in [2.45, 2.75) is 65.7 Å². The third-order valence-corrected chi connectivity index (χ3v) is 6.34. The first kappa shape index (κ1) is 20.5. The van der Waals surface area contributed by atoms with Crippen LogP contribution >= 0.6 is 0 Å². The Morgan fingerprint density at radius 1 is 1.00 bits per heavy atom. The quantitative estimate of drug-likeness (QED) is 0.438. The van der Waals surface area contributed by atoms with E-state index in [4.69, 9.17) is 8.83 Å². The molecule has 1 aromatic carbocycles. The SMILES string of the molecule is Cc1oc2cc3oc(=O)c(CCC(=O)NCCC4=CCCCC4)c(C)c3cc2c1C. The van der Waals surface area contributed by atoms with E-state index >= 15 is 0 Å². The lowest BCUT2D eigenvalue weighted by Crippen LogP contribution is -2.26. The number of rotatable bonds is 6. The molecule has 5 nitrogen and oxygen atoms in total. The van der Waals surface area contributed by atoms with Gasteiger partial charge in [-0.1, -0.05) is 11.6 Å². The maximum Gasteiger partial charge on any atom is 0.339 e. The monoisotopic (exact) mass is 407 g/mol. The molecule has 5 heteroatoms. The topological polar surface area (TPSA) is 72.5 Å². The molecule has 2 aromatic heterocycles. The molecule has 3 aromatic rings. The third-order valence-electron chi connectivity index (χ3n) is 6.34. The molecule has 0 aliphatic heterocycles. The number of hydrogen-bond donors (Lipinski definition) is 1. The van der Waals surface area contributed by atoms with E-state index in [9.17, 15) is 9.59 Å². The van der Waals surface area contributed by atoms with Crippen LogP contribution in [0.3, 0.4) is 0 Å². The van der Waals surface area contributed by atoms with E-state index in [2.05, 4.69) is 11.4 Å². The van der Waals surface area contributed by atoms with Gasteiger partial charge in [-0.3, -0.25) is 4.79 Å². The van der Waals surface area contributed by atoms with Gasteiger partial charge in [-0.15, -0.1) is 0 Å². The van der Waals surface area contributed by atoms with Gasteiger partial charge >= 0.3 is 5.63 Å². The average Bonchev–Trinajstić information content (AvgIpc) is 3.00. The smallest absolute Gasteiger partial charge is 0.339 e. The lowest BCUT2D eigenvalue weighted by Gasteiger charge is -2.13. The lowest BCUT2D eigenvalue weighted by atomic mass is 9.97. The van der Waals surface area contributed by atoms with Gasteiger partial charge in [-0.2, -0.15) is 0 Å². The summed E-state index contributed by atoms with van der Waals surface area (Å²) < 4.78 is 11.3. The van der Waals surface area contributed by atoms with Crippen molar-refractivity contribution in [1.29, 1.82) is 0 Å². The first-order chi connectivity index (χ1) is 14.4. The summed E-state index contributed by atoms with van der Waals surface area (Å²) >= 11 is 0. The predicted octanol–water partition coefficient (Wildman–Crippen LogP) is 5.40. The Bertz CT molecular complexity index is 1200. The van der Waals surface area contributed by atoms with Crippen molar-refractivity contribution in [3.05, 3.63) is 56.7 Å². The fraction of sp³-hybridized carbons (Fsp3) is 0.440. The molecule has 1 amide bonds. The molecule has 0 bridgehead atoms. The van der Waals surface area contributed by atoms with E-state index in [0.717, 1.165) is 52.5 Å². The third kappa shape index (κ3) is 4.07. The number of carbonyl (C=O) groups is 1. The highest BCUT2D eigenvalue weighted by atomic mass is 16.4. The number of carbonyl (C=O) groups excluding carboxylic acids is 1. The van der Waals surface area contributed by atoms with Crippen LogP contribution in [-0.2, 0) is 11.2 Å². The van der Waals surface area contributed by atoms with Gasteiger partial charge in [0.1, 0.15) is 16.9 Å². The highest BCUT2D eigenvalue weighted by Gasteiger charge is 2.16. The van der Waals surface area contributed by atoms with Gasteiger partial charge in [-0.25, -0.2) is 4.79 Å². The van der Waals surface area contributed by atoms with Gasteiger partial charge in [-0.05, 0) is 76.5 Å². The minimum absolute atomic E-state index is 0.0259. The molecule has 158 valence electrons. The van der Waals surface area contributed by atoms with Crippen LogP contribution in [0.1, 0.15) is 61.0 Å². The van der Waals surface area contributed by atoms with Crippen LogP contribution in [0.25, 0.3) is 21.9 Å².